The van der Waals surface area contributed by atoms with Crippen LogP contribution >= 0.6 is 0 Å². The van der Waals surface area contributed by atoms with Crippen molar-refractivity contribution < 1.29 is 0 Å². The van der Waals surface area contributed by atoms with Crippen LogP contribution in [0.2, 0.25) is 0 Å². The van der Waals surface area contributed by atoms with Crippen LogP contribution in [0.15, 0.2) is 164 Å². The van der Waals surface area contributed by atoms with Crippen molar-refractivity contribution in [2.75, 3.05) is 0 Å². The van der Waals surface area contributed by atoms with Crippen LogP contribution in [0.1, 0.15) is 30.5 Å². The maximum Gasteiger partial charge on any atom is 0.0159 e. The van der Waals surface area contributed by atoms with Crippen molar-refractivity contribution in [3.05, 3.63) is 180 Å². The Kier molecular flexibility index (Phi) is 6.24. The molecular weight excluding hydrogens is 601 g/mol. The van der Waals surface area contributed by atoms with Crippen LogP contribution in [-0.4, -0.2) is 0 Å². The predicted octanol–water partition coefficient (Wildman–Crippen LogP) is 13.9. The van der Waals surface area contributed by atoms with Crippen LogP contribution in [0.4, 0.5) is 0 Å². The first-order valence-electron chi connectivity index (χ1n) is 17.7. The quantitative estimate of drug-likeness (QED) is 0.169. The normalized spacial score (nSPS) is 13.3. The zero-order chi connectivity index (χ0) is 33.6. The number of hydrogen-bond acceptors (Lipinski definition) is 0. The summed E-state index contributed by atoms with van der Waals surface area (Å²) in [7, 11) is 0. The van der Waals surface area contributed by atoms with Crippen LogP contribution in [0.3, 0.4) is 0 Å². The molecule has 9 aromatic rings. The third kappa shape index (κ3) is 4.18. The van der Waals surface area contributed by atoms with Crippen molar-refractivity contribution in [3.63, 3.8) is 0 Å². The summed E-state index contributed by atoms with van der Waals surface area (Å²) in [5, 5.41) is 10.2. The number of hydrogen-bond donors (Lipinski definition) is 0. The Morgan fingerprint density at radius 1 is 0.340 bits per heavy atom. The van der Waals surface area contributed by atoms with E-state index in [1.807, 2.05) is 0 Å². The summed E-state index contributed by atoms with van der Waals surface area (Å²) in [6.07, 6.45) is 0. The van der Waals surface area contributed by atoms with Gasteiger partial charge in [0.2, 0.25) is 0 Å². The lowest BCUT2D eigenvalue weighted by molar-refractivity contribution is 0.661. The van der Waals surface area contributed by atoms with Crippen LogP contribution in [-0.2, 0) is 5.41 Å². The molecule has 236 valence electrons. The number of benzene rings is 9. The molecule has 10 rings (SSSR count). The minimum Gasteiger partial charge on any atom is -0.0619 e. The van der Waals surface area contributed by atoms with Gasteiger partial charge in [-0.05, 0) is 124 Å². The molecule has 1 aliphatic carbocycles. The molecule has 0 amide bonds. The summed E-state index contributed by atoms with van der Waals surface area (Å²) in [5.41, 5.74) is 14.3. The first-order valence-corrected chi connectivity index (χ1v) is 17.7. The highest BCUT2D eigenvalue weighted by molar-refractivity contribution is 6.26. The molecule has 0 saturated carbocycles. The van der Waals surface area contributed by atoms with Gasteiger partial charge in [-0.2, -0.15) is 0 Å². The first-order chi connectivity index (χ1) is 24.5. The second-order valence-electron chi connectivity index (χ2n) is 14.5. The molecule has 50 heavy (non-hydrogen) atoms. The van der Waals surface area contributed by atoms with Gasteiger partial charge in [-0.25, -0.2) is 0 Å². The summed E-state index contributed by atoms with van der Waals surface area (Å²) in [4.78, 5) is 0. The van der Waals surface area contributed by atoms with Gasteiger partial charge in [0.1, 0.15) is 0 Å². The third-order valence-corrected chi connectivity index (χ3v) is 11.3. The standard InChI is InChI=1S/C50H36/c1-31-22-24-32(25-23-31)35-26-27-41-43(28-35)49(40-20-11-15-34-13-5-7-17-37(34)40)45-30-47-42(38-18-8-9-21-46(38)50(47,2)3)29-44(45)48(41)39-19-10-14-33-12-4-6-16-36(33)39/h4-30H,1-3H3. The molecule has 0 fully saturated rings. The molecule has 0 aromatic heterocycles. The maximum absolute atomic E-state index is 2.55. The highest BCUT2D eigenvalue weighted by Gasteiger charge is 2.36. The van der Waals surface area contributed by atoms with Gasteiger partial charge < -0.3 is 0 Å². The van der Waals surface area contributed by atoms with Crippen molar-refractivity contribution >= 4 is 43.1 Å². The third-order valence-electron chi connectivity index (χ3n) is 11.3. The number of fused-ring (bicyclic) bond motifs is 7. The van der Waals surface area contributed by atoms with E-state index in [0.717, 1.165) is 0 Å². The molecule has 0 N–H and O–H groups in total. The molecule has 0 saturated heterocycles. The second-order valence-corrected chi connectivity index (χ2v) is 14.5. The van der Waals surface area contributed by atoms with Gasteiger partial charge in [-0.15, -0.1) is 0 Å². The average molecular weight is 637 g/mol. The summed E-state index contributed by atoms with van der Waals surface area (Å²) in [5.74, 6) is 0. The molecule has 0 unspecified atom stereocenters. The molecule has 0 bridgehead atoms. The zero-order valence-corrected chi connectivity index (χ0v) is 28.6. The molecule has 0 nitrogen and oxygen atoms in total. The molecule has 0 spiro atoms. The SMILES string of the molecule is Cc1ccc(-c2ccc3c(-c4cccc5ccccc45)c4cc5c(cc4c(-c4cccc6ccccc46)c3c2)C(C)(C)c2ccccc2-5)cc1. The van der Waals surface area contributed by atoms with E-state index in [-0.39, 0.29) is 5.41 Å². The maximum atomic E-state index is 2.55. The van der Waals surface area contributed by atoms with E-state index in [9.17, 15) is 0 Å². The Morgan fingerprint density at radius 3 is 1.56 bits per heavy atom. The highest BCUT2D eigenvalue weighted by atomic mass is 14.4. The Bertz CT molecular complexity index is 2820. The molecular formula is C50H36. The van der Waals surface area contributed by atoms with Crippen LogP contribution in [0.25, 0.3) is 87.6 Å². The summed E-state index contributed by atoms with van der Waals surface area (Å²) in [6.45, 7) is 6.94. The lowest BCUT2D eigenvalue weighted by Crippen LogP contribution is -2.14. The summed E-state index contributed by atoms with van der Waals surface area (Å²) in [6, 6.07) is 61.5. The lowest BCUT2D eigenvalue weighted by atomic mass is 9.78. The molecule has 9 aromatic carbocycles. The number of rotatable bonds is 3. The summed E-state index contributed by atoms with van der Waals surface area (Å²) >= 11 is 0. The Balaban J connectivity index is 1.44. The fourth-order valence-corrected chi connectivity index (χ4v) is 8.81. The van der Waals surface area contributed by atoms with E-state index in [0.29, 0.717) is 0 Å². The van der Waals surface area contributed by atoms with Crippen molar-refractivity contribution in [1.82, 2.24) is 0 Å². The predicted molar refractivity (Wildman–Crippen MR) is 215 cm³/mol. The van der Waals surface area contributed by atoms with Gasteiger partial charge in [0, 0.05) is 5.41 Å². The molecule has 0 heteroatoms. The molecule has 0 aliphatic heterocycles. The van der Waals surface area contributed by atoms with Crippen LogP contribution in [0.5, 0.6) is 0 Å². The van der Waals surface area contributed by atoms with Gasteiger partial charge >= 0.3 is 0 Å². The second kappa shape index (κ2) is 10.8. The van der Waals surface area contributed by atoms with E-state index in [4.69, 9.17) is 0 Å². The Labute approximate surface area is 293 Å². The summed E-state index contributed by atoms with van der Waals surface area (Å²) < 4.78 is 0. The fraction of sp³-hybridized carbons (Fsp3) is 0.0800. The van der Waals surface area contributed by atoms with Gasteiger partial charge in [0.05, 0.1) is 0 Å². The van der Waals surface area contributed by atoms with Crippen molar-refractivity contribution in [3.8, 4) is 44.5 Å². The van der Waals surface area contributed by atoms with E-state index in [1.165, 1.54) is 104 Å². The smallest absolute Gasteiger partial charge is 0.0159 e. The molecule has 1 aliphatic rings. The van der Waals surface area contributed by atoms with E-state index in [1.54, 1.807) is 0 Å². The Hall–Kier alpha value is -5.98. The van der Waals surface area contributed by atoms with E-state index < -0.39 is 0 Å². The lowest BCUT2D eigenvalue weighted by Gasteiger charge is -2.24. The zero-order valence-electron chi connectivity index (χ0n) is 28.6. The van der Waals surface area contributed by atoms with Gasteiger partial charge in [0.25, 0.3) is 0 Å². The first kappa shape index (κ1) is 29.0. The van der Waals surface area contributed by atoms with Gasteiger partial charge in [0.15, 0.2) is 0 Å². The largest absolute Gasteiger partial charge is 0.0619 e. The molecule has 0 radical (unpaired) electrons. The van der Waals surface area contributed by atoms with Crippen LogP contribution in [0, 0.1) is 6.92 Å². The molecule has 0 heterocycles. The number of aryl methyl sites for hydroxylation is 1. The van der Waals surface area contributed by atoms with Crippen molar-refractivity contribution in [2.45, 2.75) is 26.2 Å². The topological polar surface area (TPSA) is 0 Å². The van der Waals surface area contributed by atoms with Crippen molar-refractivity contribution in [1.29, 1.82) is 0 Å². The van der Waals surface area contributed by atoms with Crippen molar-refractivity contribution in [2.24, 2.45) is 0 Å². The average Bonchev–Trinajstić information content (AvgIpc) is 3.38. The van der Waals surface area contributed by atoms with Gasteiger partial charge in [-0.3, -0.25) is 0 Å². The monoisotopic (exact) mass is 636 g/mol. The Morgan fingerprint density at radius 2 is 0.860 bits per heavy atom. The van der Waals surface area contributed by atoms with Crippen LogP contribution < -0.4 is 0 Å². The minimum absolute atomic E-state index is 0.117. The minimum atomic E-state index is -0.117. The van der Waals surface area contributed by atoms with E-state index in [2.05, 4.69) is 185 Å². The van der Waals surface area contributed by atoms with E-state index >= 15 is 0 Å². The fourth-order valence-electron chi connectivity index (χ4n) is 8.81. The highest BCUT2D eigenvalue weighted by Crippen LogP contribution is 2.54. The van der Waals surface area contributed by atoms with Gasteiger partial charge in [-0.1, -0.05) is 165 Å². The molecule has 0 atom stereocenters.